The van der Waals surface area contributed by atoms with Crippen molar-refractivity contribution in [1.82, 2.24) is 15.6 Å². The van der Waals surface area contributed by atoms with E-state index in [2.05, 4.69) is 47.7 Å². The van der Waals surface area contributed by atoms with Crippen molar-refractivity contribution >= 4 is 29.2 Å². The zero-order chi connectivity index (χ0) is 14.8. The molecule has 5 heteroatoms. The highest BCUT2D eigenvalue weighted by molar-refractivity contribution is 5.85. The molecular weight excluding hydrogens is 298 g/mol. The van der Waals surface area contributed by atoms with E-state index >= 15 is 0 Å². The number of carbonyl (C=O) groups is 1. The summed E-state index contributed by atoms with van der Waals surface area (Å²) in [5.41, 5.74) is 4.82. The number of rotatable bonds is 3. The number of nitrogens with one attached hydrogen (secondary N) is 3. The lowest BCUT2D eigenvalue weighted by Crippen LogP contribution is -2.37. The summed E-state index contributed by atoms with van der Waals surface area (Å²) in [6.07, 6.45) is 1.89. The monoisotopic (exact) mass is 321 g/mol. The zero-order valence-electron chi connectivity index (χ0n) is 13.2. The lowest BCUT2D eigenvalue weighted by atomic mass is 9.97. The number of benzene rings is 1. The lowest BCUT2D eigenvalue weighted by Gasteiger charge is -2.21. The van der Waals surface area contributed by atoms with Crippen LogP contribution >= 0.6 is 12.4 Å². The summed E-state index contributed by atoms with van der Waals surface area (Å²) < 4.78 is 0. The van der Waals surface area contributed by atoms with Gasteiger partial charge in [-0.25, -0.2) is 0 Å². The van der Waals surface area contributed by atoms with Gasteiger partial charge in [0.1, 0.15) is 0 Å². The van der Waals surface area contributed by atoms with Crippen LogP contribution < -0.4 is 10.6 Å². The second kappa shape index (κ2) is 7.16. The van der Waals surface area contributed by atoms with Gasteiger partial charge in [-0.05, 0) is 63.0 Å². The molecule has 4 nitrogen and oxygen atoms in total. The third-order valence-electron chi connectivity index (χ3n) is 4.55. The molecule has 22 heavy (non-hydrogen) atoms. The molecule has 1 amide bonds. The van der Waals surface area contributed by atoms with E-state index in [0.29, 0.717) is 6.54 Å². The largest absolute Gasteiger partial charge is 0.358 e. The van der Waals surface area contributed by atoms with Gasteiger partial charge in [-0.2, -0.15) is 0 Å². The number of hydrogen-bond acceptors (Lipinski definition) is 2. The Balaban J connectivity index is 0.00000176. The third-order valence-corrected chi connectivity index (χ3v) is 4.55. The van der Waals surface area contributed by atoms with Crippen LogP contribution in [0.3, 0.4) is 0 Å². The van der Waals surface area contributed by atoms with E-state index in [9.17, 15) is 4.79 Å². The highest BCUT2D eigenvalue weighted by Gasteiger charge is 2.20. The molecule has 1 aliphatic rings. The number of fused-ring (bicyclic) bond motifs is 1. The van der Waals surface area contributed by atoms with Crippen molar-refractivity contribution in [2.45, 2.75) is 33.2 Å². The zero-order valence-corrected chi connectivity index (χ0v) is 14.0. The van der Waals surface area contributed by atoms with Gasteiger partial charge >= 0.3 is 0 Å². The molecule has 1 aromatic carbocycles. The number of amides is 1. The molecule has 0 radical (unpaired) electrons. The Morgan fingerprint density at radius 1 is 1.27 bits per heavy atom. The molecular formula is C17H24ClN3O. The summed E-state index contributed by atoms with van der Waals surface area (Å²) in [5, 5.41) is 7.62. The molecule has 3 rings (SSSR count). The highest BCUT2D eigenvalue weighted by atomic mass is 35.5. The van der Waals surface area contributed by atoms with E-state index in [-0.39, 0.29) is 24.2 Å². The number of piperidine rings is 1. The maximum atomic E-state index is 12.2. The van der Waals surface area contributed by atoms with Crippen LogP contribution in [0.2, 0.25) is 0 Å². The molecule has 2 aromatic rings. The van der Waals surface area contributed by atoms with Crippen LogP contribution in [0.15, 0.2) is 18.2 Å². The van der Waals surface area contributed by atoms with Crippen LogP contribution in [0, 0.1) is 19.8 Å². The number of aromatic nitrogens is 1. The Bertz CT molecular complexity index is 659. The van der Waals surface area contributed by atoms with Gasteiger partial charge in [0.25, 0.3) is 0 Å². The third kappa shape index (κ3) is 3.45. The Labute approximate surface area is 137 Å². The predicted octanol–water partition coefficient (Wildman–Crippen LogP) is 2.82. The molecule has 1 aliphatic heterocycles. The molecule has 120 valence electrons. The normalized spacial score (nSPS) is 15.5. The molecule has 0 aliphatic carbocycles. The van der Waals surface area contributed by atoms with Crippen molar-refractivity contribution in [2.75, 3.05) is 13.1 Å². The minimum absolute atomic E-state index is 0. The fourth-order valence-electron chi connectivity index (χ4n) is 3.04. The smallest absolute Gasteiger partial charge is 0.223 e. The van der Waals surface area contributed by atoms with Crippen LogP contribution in [0.25, 0.3) is 10.9 Å². The van der Waals surface area contributed by atoms with E-state index in [4.69, 9.17) is 0 Å². The molecule has 0 spiro atoms. The van der Waals surface area contributed by atoms with Crippen molar-refractivity contribution in [2.24, 2.45) is 5.92 Å². The Hall–Kier alpha value is -1.52. The number of carbonyl (C=O) groups excluding carboxylic acids is 1. The van der Waals surface area contributed by atoms with E-state index in [1.54, 1.807) is 0 Å². The van der Waals surface area contributed by atoms with Gasteiger partial charge in [-0.15, -0.1) is 12.4 Å². The Kier molecular flexibility index (Phi) is 5.48. The van der Waals surface area contributed by atoms with Gasteiger partial charge in [0.2, 0.25) is 5.91 Å². The van der Waals surface area contributed by atoms with Crippen molar-refractivity contribution in [3.63, 3.8) is 0 Å². The van der Waals surface area contributed by atoms with Gasteiger partial charge < -0.3 is 15.6 Å². The first-order valence-electron chi connectivity index (χ1n) is 7.71. The van der Waals surface area contributed by atoms with Crippen LogP contribution in [0.5, 0.6) is 0 Å². The van der Waals surface area contributed by atoms with Gasteiger partial charge in [0.05, 0.1) is 0 Å². The van der Waals surface area contributed by atoms with Crippen LogP contribution in [-0.2, 0) is 11.3 Å². The topological polar surface area (TPSA) is 56.9 Å². The SMILES string of the molecule is Cc1[nH]c2ccc(CNC(=O)C3CCNCC3)cc2c1C.Cl. The van der Waals surface area contributed by atoms with Crippen LogP contribution in [0.4, 0.5) is 0 Å². The van der Waals surface area contributed by atoms with Crippen molar-refractivity contribution < 1.29 is 4.79 Å². The summed E-state index contributed by atoms with van der Waals surface area (Å²) in [7, 11) is 0. The van der Waals surface area contributed by atoms with Gasteiger partial charge in [0.15, 0.2) is 0 Å². The molecule has 1 fully saturated rings. The van der Waals surface area contributed by atoms with Crippen molar-refractivity contribution in [3.05, 3.63) is 35.0 Å². The predicted molar refractivity (Wildman–Crippen MR) is 92.5 cm³/mol. The Morgan fingerprint density at radius 2 is 2.00 bits per heavy atom. The molecule has 1 saturated heterocycles. The summed E-state index contributed by atoms with van der Waals surface area (Å²) in [5.74, 6) is 0.366. The van der Waals surface area contributed by atoms with E-state index in [1.165, 1.54) is 22.2 Å². The summed E-state index contributed by atoms with van der Waals surface area (Å²) in [6.45, 7) is 6.74. The second-order valence-electron chi connectivity index (χ2n) is 6.00. The summed E-state index contributed by atoms with van der Waals surface area (Å²) >= 11 is 0. The molecule has 2 heterocycles. The molecule has 0 unspecified atom stereocenters. The second-order valence-corrected chi connectivity index (χ2v) is 6.00. The number of halogens is 1. The molecule has 0 atom stereocenters. The number of H-pyrrole nitrogens is 1. The maximum absolute atomic E-state index is 12.2. The van der Waals surface area contributed by atoms with Crippen LogP contribution in [0.1, 0.15) is 29.7 Å². The first-order chi connectivity index (χ1) is 10.1. The maximum Gasteiger partial charge on any atom is 0.223 e. The molecule has 0 saturated carbocycles. The summed E-state index contributed by atoms with van der Waals surface area (Å²) in [6, 6.07) is 6.36. The van der Waals surface area contributed by atoms with Crippen LogP contribution in [-0.4, -0.2) is 24.0 Å². The van der Waals surface area contributed by atoms with Gasteiger partial charge in [-0.3, -0.25) is 4.79 Å². The first-order valence-corrected chi connectivity index (χ1v) is 7.71. The van der Waals surface area contributed by atoms with Crippen molar-refractivity contribution in [3.8, 4) is 0 Å². The van der Waals surface area contributed by atoms with E-state index < -0.39 is 0 Å². The number of hydrogen-bond donors (Lipinski definition) is 3. The molecule has 0 bridgehead atoms. The number of aryl methyl sites for hydroxylation is 2. The highest BCUT2D eigenvalue weighted by Crippen LogP contribution is 2.22. The van der Waals surface area contributed by atoms with Gasteiger partial charge in [-0.1, -0.05) is 6.07 Å². The summed E-state index contributed by atoms with van der Waals surface area (Å²) in [4.78, 5) is 15.5. The average molecular weight is 322 g/mol. The average Bonchev–Trinajstić information content (AvgIpc) is 2.80. The van der Waals surface area contributed by atoms with E-state index in [1.807, 2.05) is 0 Å². The van der Waals surface area contributed by atoms with Crippen molar-refractivity contribution in [1.29, 1.82) is 0 Å². The minimum atomic E-state index is 0. The lowest BCUT2D eigenvalue weighted by molar-refractivity contribution is -0.125. The van der Waals surface area contributed by atoms with Gasteiger partial charge in [0, 0.05) is 29.1 Å². The quantitative estimate of drug-likeness (QED) is 0.814. The first kappa shape index (κ1) is 16.8. The minimum Gasteiger partial charge on any atom is -0.358 e. The Morgan fingerprint density at radius 3 is 2.73 bits per heavy atom. The fourth-order valence-corrected chi connectivity index (χ4v) is 3.04. The molecule has 3 N–H and O–H groups in total. The molecule has 1 aromatic heterocycles. The van der Waals surface area contributed by atoms with E-state index in [0.717, 1.165) is 31.5 Å². The number of aromatic amines is 1. The standard InChI is InChI=1S/C17H23N3O.ClH/c1-11-12(2)20-16-4-3-13(9-15(11)16)10-19-17(21)14-5-7-18-8-6-14;/h3-4,9,14,18,20H,5-8,10H2,1-2H3,(H,19,21);1H. The fraction of sp³-hybridized carbons (Fsp3) is 0.471.